The molecule has 0 N–H and O–H groups in total. The van der Waals surface area contributed by atoms with Gasteiger partial charge in [0.1, 0.15) is 0 Å². The number of hydrogen-bond acceptors (Lipinski definition) is 1. The summed E-state index contributed by atoms with van der Waals surface area (Å²) in [4.78, 5) is 12.6. The third-order valence-electron chi connectivity index (χ3n) is 2.93. The van der Waals surface area contributed by atoms with Crippen LogP contribution in [0.5, 0.6) is 0 Å². The maximum absolute atomic E-state index is 13.7. The topological polar surface area (TPSA) is 23.1 Å². The third kappa shape index (κ3) is 3.78. The van der Waals surface area contributed by atoms with Crippen molar-refractivity contribution in [2.24, 2.45) is 0 Å². The van der Waals surface area contributed by atoms with Crippen LogP contribution < -0.4 is 27.6 Å². The smallest absolute Gasteiger partial charge is 1.00 e. The first kappa shape index (κ1) is 20.4. The van der Waals surface area contributed by atoms with E-state index in [4.69, 9.17) is 0 Å². The number of benzene rings is 2. The van der Waals surface area contributed by atoms with E-state index in [2.05, 4.69) is 0 Å². The molecule has 21 heavy (non-hydrogen) atoms. The largest absolute Gasteiger partial charge is 2.00 e. The summed E-state index contributed by atoms with van der Waals surface area (Å²) >= 11 is 0. The van der Waals surface area contributed by atoms with Crippen LogP contribution in [0.25, 0.3) is 0 Å². The van der Waals surface area contributed by atoms with Crippen molar-refractivity contribution in [3.8, 4) is 0 Å². The summed E-state index contributed by atoms with van der Waals surface area (Å²) in [5, 5.41) is -0.867. The van der Waals surface area contributed by atoms with Crippen molar-refractivity contribution in [1.82, 2.24) is 0 Å². The van der Waals surface area contributed by atoms with E-state index in [9.17, 15) is 22.4 Å². The maximum Gasteiger partial charge on any atom is 2.00 e. The molecule has 0 atom stereocenters. The molecule has 0 aliphatic carbocycles. The molecule has 0 heterocycles. The standard InChI is InChI=1S/C13H9F4OSi.ClH.Mg/c1-19(18,10-6-2-4-8(14)12(10)16)11-7-3-5-9(15)13(11)17;;/h2-7H,1H3;1H;/q-1;;+2/p-1. The molecular formula is C13H9ClF4MgOSi. The van der Waals surface area contributed by atoms with E-state index in [0.29, 0.717) is 0 Å². The van der Waals surface area contributed by atoms with Crippen molar-refractivity contribution in [1.29, 1.82) is 0 Å². The second kappa shape index (κ2) is 7.59. The van der Waals surface area contributed by atoms with Crippen molar-refractivity contribution < 1.29 is 34.8 Å². The molecule has 2 aromatic rings. The van der Waals surface area contributed by atoms with Crippen LogP contribution in [0.2, 0.25) is 6.55 Å². The first-order chi connectivity index (χ1) is 8.85. The molecule has 0 aliphatic heterocycles. The molecule has 0 bridgehead atoms. The quantitative estimate of drug-likeness (QED) is 0.453. The van der Waals surface area contributed by atoms with E-state index >= 15 is 0 Å². The SMILES string of the molecule is C[Si]([O-])(c1cccc(F)c1F)c1cccc(F)c1F.[Cl-].[Mg+2]. The van der Waals surface area contributed by atoms with Crippen LogP contribution in [0.4, 0.5) is 17.6 Å². The van der Waals surface area contributed by atoms with Gasteiger partial charge in [-0.15, -0.1) is 0 Å². The molecule has 0 saturated heterocycles. The normalized spacial score (nSPS) is 10.6. The molecule has 0 aliphatic rings. The fraction of sp³-hybridized carbons (Fsp3) is 0.0769. The van der Waals surface area contributed by atoms with Crippen LogP contribution in [0.15, 0.2) is 36.4 Å². The van der Waals surface area contributed by atoms with Crippen LogP contribution in [-0.4, -0.2) is 31.4 Å². The van der Waals surface area contributed by atoms with Gasteiger partial charge < -0.3 is 17.2 Å². The Morgan fingerprint density at radius 1 is 0.810 bits per heavy atom. The predicted molar refractivity (Wildman–Crippen MR) is 69.4 cm³/mol. The average Bonchev–Trinajstić information content (AvgIpc) is 2.35. The maximum atomic E-state index is 13.7. The van der Waals surface area contributed by atoms with E-state index in [1.54, 1.807) is 0 Å². The Balaban J connectivity index is 0.00000200. The van der Waals surface area contributed by atoms with E-state index in [1.807, 2.05) is 0 Å². The van der Waals surface area contributed by atoms with Gasteiger partial charge in [-0.2, -0.15) is 0 Å². The molecule has 0 saturated carbocycles. The average molecular weight is 345 g/mol. The minimum atomic E-state index is -4.09. The summed E-state index contributed by atoms with van der Waals surface area (Å²) in [6, 6.07) is 6.31. The molecular weight excluding hydrogens is 336 g/mol. The second-order valence-electron chi connectivity index (χ2n) is 4.24. The Labute approximate surface area is 142 Å². The Morgan fingerprint density at radius 2 is 1.14 bits per heavy atom. The molecule has 0 aromatic heterocycles. The molecule has 0 unspecified atom stereocenters. The van der Waals surface area contributed by atoms with Crippen molar-refractivity contribution in [2.45, 2.75) is 6.55 Å². The number of rotatable bonds is 2. The Morgan fingerprint density at radius 3 is 1.48 bits per heavy atom. The third-order valence-corrected chi connectivity index (χ3v) is 5.76. The molecule has 8 heteroatoms. The second-order valence-corrected chi connectivity index (χ2v) is 7.38. The number of halogens is 5. The van der Waals surface area contributed by atoms with Gasteiger partial charge in [-0.3, -0.25) is 0 Å². The van der Waals surface area contributed by atoms with Crippen molar-refractivity contribution in [3.05, 3.63) is 59.7 Å². The molecule has 1 nitrogen and oxygen atoms in total. The zero-order valence-electron chi connectivity index (χ0n) is 11.0. The van der Waals surface area contributed by atoms with Gasteiger partial charge >= 0.3 is 23.1 Å². The first-order valence-electron chi connectivity index (χ1n) is 5.45. The van der Waals surface area contributed by atoms with Crippen molar-refractivity contribution in [2.75, 3.05) is 0 Å². The van der Waals surface area contributed by atoms with Gasteiger partial charge in [0, 0.05) is 8.32 Å². The predicted octanol–water partition coefficient (Wildman–Crippen LogP) is -2.08. The molecule has 0 radical (unpaired) electrons. The van der Waals surface area contributed by atoms with Crippen molar-refractivity contribution in [3.63, 3.8) is 0 Å². The van der Waals surface area contributed by atoms with E-state index < -0.39 is 42.0 Å². The van der Waals surface area contributed by atoms with Gasteiger partial charge in [0.05, 0.1) is 0 Å². The Hall–Kier alpha value is -0.607. The molecule has 108 valence electrons. The molecule has 0 amide bonds. The zero-order chi connectivity index (χ0) is 14.2. The van der Waals surface area contributed by atoms with Crippen LogP contribution in [0.3, 0.4) is 0 Å². The van der Waals surface area contributed by atoms with Gasteiger partial charge in [-0.05, 0) is 22.5 Å². The Bertz CT molecular complexity index is 586. The van der Waals surface area contributed by atoms with Crippen LogP contribution >= 0.6 is 0 Å². The van der Waals surface area contributed by atoms with Crippen LogP contribution in [-0.2, 0) is 0 Å². The van der Waals surface area contributed by atoms with E-state index in [0.717, 1.165) is 30.8 Å². The summed E-state index contributed by atoms with van der Waals surface area (Å²) in [6.07, 6.45) is 0. The summed E-state index contributed by atoms with van der Waals surface area (Å²) in [5.41, 5.74) is 0. The van der Waals surface area contributed by atoms with Gasteiger partial charge in [0.2, 0.25) is 0 Å². The fourth-order valence-corrected chi connectivity index (χ4v) is 4.08. The monoisotopic (exact) mass is 344 g/mol. The minimum Gasteiger partial charge on any atom is -1.00 e. The van der Waals surface area contributed by atoms with E-state index in [1.165, 1.54) is 12.1 Å². The fourth-order valence-electron chi connectivity index (χ4n) is 1.89. The molecule has 2 rings (SSSR count). The van der Waals surface area contributed by atoms with Gasteiger partial charge in [-0.1, -0.05) is 30.8 Å². The summed E-state index contributed by atoms with van der Waals surface area (Å²) < 4.78 is 53.6. The van der Waals surface area contributed by atoms with Crippen molar-refractivity contribution >= 4 is 41.7 Å². The van der Waals surface area contributed by atoms with E-state index in [-0.39, 0.29) is 35.5 Å². The summed E-state index contributed by atoms with van der Waals surface area (Å²) in [7, 11) is -4.09. The molecule has 0 spiro atoms. The minimum absolute atomic E-state index is 0. The first-order valence-corrected chi connectivity index (χ1v) is 7.86. The van der Waals surface area contributed by atoms with Crippen LogP contribution in [0.1, 0.15) is 0 Å². The molecule has 2 aromatic carbocycles. The zero-order valence-corrected chi connectivity index (χ0v) is 14.1. The summed E-state index contributed by atoms with van der Waals surface area (Å²) in [6.45, 7) is 1.10. The van der Waals surface area contributed by atoms with Gasteiger partial charge in [0.15, 0.2) is 23.3 Å². The molecule has 0 fully saturated rings. The Kier molecular flexibility index (Phi) is 7.37. The summed E-state index contributed by atoms with van der Waals surface area (Å²) in [5.74, 6) is -4.95. The van der Waals surface area contributed by atoms with Gasteiger partial charge in [0.25, 0.3) is 0 Å². The number of hydrogen-bond donors (Lipinski definition) is 0. The van der Waals surface area contributed by atoms with Crippen LogP contribution in [0, 0.1) is 23.3 Å². The van der Waals surface area contributed by atoms with Gasteiger partial charge in [-0.25, -0.2) is 17.6 Å².